The van der Waals surface area contributed by atoms with Gasteiger partial charge in [0.05, 0.1) is 0 Å². The molecule has 0 bridgehead atoms. The van der Waals surface area contributed by atoms with Crippen LogP contribution in [-0.4, -0.2) is 23.1 Å². The summed E-state index contributed by atoms with van der Waals surface area (Å²) in [7, 11) is 0. The number of benzene rings is 1. The van der Waals surface area contributed by atoms with Gasteiger partial charge in [-0.3, -0.25) is 0 Å². The van der Waals surface area contributed by atoms with E-state index in [0.29, 0.717) is 11.9 Å². The van der Waals surface area contributed by atoms with Crippen LogP contribution in [-0.2, 0) is 0 Å². The van der Waals surface area contributed by atoms with Gasteiger partial charge in [0.15, 0.2) is 0 Å². The van der Waals surface area contributed by atoms with Crippen LogP contribution in [0.5, 0.6) is 0 Å². The summed E-state index contributed by atoms with van der Waals surface area (Å²) in [6.45, 7) is 6.59. The highest BCUT2D eigenvalue weighted by Crippen LogP contribution is 2.22. The lowest BCUT2D eigenvalue weighted by Crippen LogP contribution is -2.30. The van der Waals surface area contributed by atoms with Crippen molar-refractivity contribution < 1.29 is 0 Å². The summed E-state index contributed by atoms with van der Waals surface area (Å²) in [5.41, 5.74) is 2.36. The molecule has 1 aromatic heterocycles. The Morgan fingerprint density at radius 1 is 1.09 bits per heavy atom. The molecular weight excluding hydrogens is 272 g/mol. The molecule has 1 aromatic carbocycles. The van der Waals surface area contributed by atoms with Crippen molar-refractivity contribution in [2.45, 2.75) is 39.0 Å². The first-order chi connectivity index (χ1) is 10.7. The Morgan fingerprint density at radius 3 is 2.68 bits per heavy atom. The number of hydrogen-bond acceptors (Lipinski definition) is 4. The van der Waals surface area contributed by atoms with E-state index in [4.69, 9.17) is 0 Å². The molecule has 4 nitrogen and oxygen atoms in total. The first-order valence-corrected chi connectivity index (χ1v) is 8.17. The van der Waals surface area contributed by atoms with Crippen LogP contribution in [0.25, 0.3) is 0 Å². The lowest BCUT2D eigenvalue weighted by molar-refractivity contribution is 0.573. The van der Waals surface area contributed by atoms with Crippen LogP contribution in [0.4, 0.5) is 17.5 Å². The van der Waals surface area contributed by atoms with Gasteiger partial charge in [-0.15, -0.1) is 0 Å². The molecule has 1 N–H and O–H groups in total. The van der Waals surface area contributed by atoms with E-state index < -0.39 is 0 Å². The normalized spacial score (nSPS) is 15.1. The number of piperidine rings is 1. The number of nitrogens with one attached hydrogen (secondary N) is 1. The molecule has 0 spiro atoms. The van der Waals surface area contributed by atoms with Gasteiger partial charge in [-0.25, -0.2) is 4.98 Å². The summed E-state index contributed by atoms with van der Waals surface area (Å²) in [4.78, 5) is 11.4. The average molecular weight is 296 g/mol. The van der Waals surface area contributed by atoms with Crippen molar-refractivity contribution in [3.05, 3.63) is 42.1 Å². The molecule has 0 amide bonds. The zero-order valence-electron chi connectivity index (χ0n) is 13.4. The van der Waals surface area contributed by atoms with E-state index in [1.165, 1.54) is 24.8 Å². The lowest BCUT2D eigenvalue weighted by atomic mass is 10.0. The minimum atomic E-state index is 0.516. The fraction of sp³-hybridized carbons (Fsp3) is 0.444. The van der Waals surface area contributed by atoms with Crippen LogP contribution >= 0.6 is 0 Å². The zero-order valence-corrected chi connectivity index (χ0v) is 13.4. The van der Waals surface area contributed by atoms with Crippen molar-refractivity contribution in [3.63, 3.8) is 0 Å². The smallest absolute Gasteiger partial charge is 0.229 e. The molecule has 3 rings (SSSR count). The van der Waals surface area contributed by atoms with Crippen molar-refractivity contribution in [1.82, 2.24) is 9.97 Å². The molecule has 1 aliphatic heterocycles. The van der Waals surface area contributed by atoms with Gasteiger partial charge in [-0.05, 0) is 48.9 Å². The summed E-state index contributed by atoms with van der Waals surface area (Å²) in [6.07, 6.45) is 5.67. The van der Waals surface area contributed by atoms with Gasteiger partial charge < -0.3 is 10.2 Å². The molecule has 0 unspecified atom stereocenters. The predicted molar refractivity (Wildman–Crippen MR) is 91.9 cm³/mol. The van der Waals surface area contributed by atoms with Gasteiger partial charge in [0, 0.05) is 25.0 Å². The van der Waals surface area contributed by atoms with Gasteiger partial charge in [0.1, 0.15) is 5.82 Å². The quantitative estimate of drug-likeness (QED) is 0.911. The van der Waals surface area contributed by atoms with E-state index in [-0.39, 0.29) is 0 Å². The van der Waals surface area contributed by atoms with E-state index in [1.54, 1.807) is 0 Å². The third-order valence-corrected chi connectivity index (χ3v) is 4.13. The molecule has 2 aromatic rings. The first kappa shape index (κ1) is 14.8. The summed E-state index contributed by atoms with van der Waals surface area (Å²) in [5, 5.41) is 3.33. The Kier molecular flexibility index (Phi) is 4.56. The zero-order chi connectivity index (χ0) is 15.4. The second kappa shape index (κ2) is 6.77. The van der Waals surface area contributed by atoms with Crippen molar-refractivity contribution in [1.29, 1.82) is 0 Å². The molecule has 0 atom stereocenters. The molecule has 0 aliphatic carbocycles. The molecule has 116 valence electrons. The second-order valence-electron chi connectivity index (χ2n) is 6.19. The van der Waals surface area contributed by atoms with Gasteiger partial charge in [0.25, 0.3) is 0 Å². The van der Waals surface area contributed by atoms with Gasteiger partial charge in [0.2, 0.25) is 5.95 Å². The number of hydrogen-bond donors (Lipinski definition) is 1. The highest BCUT2D eigenvalue weighted by molar-refractivity contribution is 5.56. The van der Waals surface area contributed by atoms with Crippen molar-refractivity contribution in [3.8, 4) is 0 Å². The van der Waals surface area contributed by atoms with Crippen LogP contribution in [0.2, 0.25) is 0 Å². The van der Waals surface area contributed by atoms with E-state index in [0.717, 1.165) is 24.6 Å². The standard InChI is InChI=1S/C18H24N4/c1-14(2)15-7-6-8-16(13-15)20-18-19-10-9-17(21-18)22-11-4-3-5-12-22/h6-10,13-14H,3-5,11-12H2,1-2H3,(H,19,20,21). The van der Waals surface area contributed by atoms with E-state index in [9.17, 15) is 0 Å². The van der Waals surface area contributed by atoms with Gasteiger partial charge in [-0.1, -0.05) is 26.0 Å². The third kappa shape index (κ3) is 3.56. The fourth-order valence-corrected chi connectivity index (χ4v) is 2.81. The summed E-state index contributed by atoms with van der Waals surface area (Å²) < 4.78 is 0. The average Bonchev–Trinajstić information content (AvgIpc) is 2.56. The van der Waals surface area contributed by atoms with Crippen LogP contribution in [0, 0.1) is 0 Å². The van der Waals surface area contributed by atoms with Crippen LogP contribution in [0.3, 0.4) is 0 Å². The molecule has 0 saturated carbocycles. The van der Waals surface area contributed by atoms with Gasteiger partial charge >= 0.3 is 0 Å². The number of anilines is 3. The topological polar surface area (TPSA) is 41.1 Å². The Balaban J connectivity index is 1.76. The predicted octanol–water partition coefficient (Wildman–Crippen LogP) is 4.33. The molecule has 22 heavy (non-hydrogen) atoms. The van der Waals surface area contributed by atoms with E-state index in [2.05, 4.69) is 58.3 Å². The van der Waals surface area contributed by atoms with Gasteiger partial charge in [-0.2, -0.15) is 4.98 Å². The number of aromatic nitrogens is 2. The molecule has 1 saturated heterocycles. The highest BCUT2D eigenvalue weighted by atomic mass is 15.2. The first-order valence-electron chi connectivity index (χ1n) is 8.17. The summed E-state index contributed by atoms with van der Waals surface area (Å²) in [6, 6.07) is 10.5. The Labute approximate surface area is 132 Å². The van der Waals surface area contributed by atoms with E-state index in [1.807, 2.05) is 12.3 Å². The van der Waals surface area contributed by atoms with E-state index >= 15 is 0 Å². The maximum absolute atomic E-state index is 4.67. The fourth-order valence-electron chi connectivity index (χ4n) is 2.81. The SMILES string of the molecule is CC(C)c1cccc(Nc2nccc(N3CCCCC3)n2)c1. The summed E-state index contributed by atoms with van der Waals surface area (Å²) >= 11 is 0. The third-order valence-electron chi connectivity index (χ3n) is 4.13. The number of nitrogens with zero attached hydrogens (tertiary/aromatic N) is 3. The maximum atomic E-state index is 4.67. The highest BCUT2D eigenvalue weighted by Gasteiger charge is 2.12. The lowest BCUT2D eigenvalue weighted by Gasteiger charge is -2.27. The van der Waals surface area contributed by atoms with Crippen molar-refractivity contribution >= 4 is 17.5 Å². The maximum Gasteiger partial charge on any atom is 0.229 e. The molecular formula is C18H24N4. The van der Waals surface area contributed by atoms with Crippen molar-refractivity contribution in [2.75, 3.05) is 23.3 Å². The van der Waals surface area contributed by atoms with Crippen LogP contribution in [0.1, 0.15) is 44.6 Å². The monoisotopic (exact) mass is 296 g/mol. The molecule has 1 aliphatic rings. The molecule has 0 radical (unpaired) electrons. The molecule has 4 heteroatoms. The minimum Gasteiger partial charge on any atom is -0.356 e. The Bertz CT molecular complexity index is 618. The van der Waals surface area contributed by atoms with Crippen LogP contribution in [0.15, 0.2) is 36.5 Å². The largest absolute Gasteiger partial charge is 0.356 e. The minimum absolute atomic E-state index is 0.516. The molecule has 1 fully saturated rings. The van der Waals surface area contributed by atoms with Crippen molar-refractivity contribution in [2.24, 2.45) is 0 Å². The summed E-state index contributed by atoms with van der Waals surface area (Å²) in [5.74, 6) is 2.21. The van der Waals surface area contributed by atoms with Crippen LogP contribution < -0.4 is 10.2 Å². The Morgan fingerprint density at radius 2 is 1.91 bits per heavy atom. The number of rotatable bonds is 4. The molecule has 2 heterocycles. The Hall–Kier alpha value is -2.10. The second-order valence-corrected chi connectivity index (χ2v) is 6.19.